The van der Waals surface area contributed by atoms with Crippen molar-refractivity contribution in [2.45, 2.75) is 11.8 Å². The van der Waals surface area contributed by atoms with E-state index in [1.165, 1.54) is 38.2 Å². The lowest BCUT2D eigenvalue weighted by Gasteiger charge is -2.17. The zero-order valence-electron chi connectivity index (χ0n) is 13.7. The number of carbonyl (C=O) groups is 2. The van der Waals surface area contributed by atoms with Crippen LogP contribution in [-0.2, 0) is 14.8 Å². The highest BCUT2D eigenvalue weighted by Crippen LogP contribution is 2.16. The number of ketones is 1. The van der Waals surface area contributed by atoms with E-state index in [4.69, 9.17) is 0 Å². The standard InChI is InChI=1S/C17H17IN2O4S/c1-12(21)13-6-8-16(9-7-13)25(23,24)20(2)11-17(22)19-15-5-3-4-14(18)10-15/h3-10H,11H2,1-2H3,(H,19,22). The molecule has 6 nitrogen and oxygen atoms in total. The average molecular weight is 472 g/mol. The number of nitrogens with zero attached hydrogens (tertiary/aromatic N) is 1. The summed E-state index contributed by atoms with van der Waals surface area (Å²) in [6.45, 7) is 1.09. The molecule has 0 unspecified atom stereocenters. The van der Waals surface area contributed by atoms with Crippen LogP contribution < -0.4 is 5.32 Å². The fraction of sp³-hybridized carbons (Fsp3) is 0.176. The van der Waals surface area contributed by atoms with Gasteiger partial charge in [-0.15, -0.1) is 0 Å². The number of hydrogen-bond acceptors (Lipinski definition) is 4. The topological polar surface area (TPSA) is 83.6 Å². The van der Waals surface area contributed by atoms with Crippen LogP contribution in [0.15, 0.2) is 53.4 Å². The highest BCUT2D eigenvalue weighted by Gasteiger charge is 2.23. The minimum atomic E-state index is -3.82. The van der Waals surface area contributed by atoms with Gasteiger partial charge in [-0.2, -0.15) is 4.31 Å². The van der Waals surface area contributed by atoms with Gasteiger partial charge in [0.1, 0.15) is 0 Å². The predicted molar refractivity (Wildman–Crippen MR) is 104 cm³/mol. The molecule has 0 saturated carbocycles. The molecular formula is C17H17IN2O4S. The molecule has 1 amide bonds. The van der Waals surface area contributed by atoms with Crippen LogP contribution in [0, 0.1) is 3.57 Å². The second-order valence-electron chi connectivity index (χ2n) is 5.40. The summed E-state index contributed by atoms with van der Waals surface area (Å²) in [4.78, 5) is 23.4. The Labute approximate surface area is 160 Å². The molecule has 0 aliphatic rings. The quantitative estimate of drug-likeness (QED) is 0.518. The van der Waals surface area contributed by atoms with Gasteiger partial charge < -0.3 is 5.32 Å². The molecule has 1 N–H and O–H groups in total. The molecule has 0 aromatic heterocycles. The van der Waals surface area contributed by atoms with Gasteiger partial charge in [0.25, 0.3) is 0 Å². The van der Waals surface area contributed by atoms with E-state index in [1.807, 2.05) is 6.07 Å². The van der Waals surface area contributed by atoms with Crippen molar-refractivity contribution in [2.24, 2.45) is 0 Å². The van der Waals surface area contributed by atoms with Crippen molar-refractivity contribution in [3.05, 3.63) is 57.7 Å². The molecule has 0 radical (unpaired) electrons. The Hall–Kier alpha value is -1.78. The number of likely N-dealkylation sites (N-methyl/N-ethyl adjacent to an activating group) is 1. The normalized spacial score (nSPS) is 11.4. The first-order valence-electron chi connectivity index (χ1n) is 7.33. The molecule has 0 spiro atoms. The fourth-order valence-electron chi connectivity index (χ4n) is 2.10. The van der Waals surface area contributed by atoms with Crippen LogP contribution in [0.25, 0.3) is 0 Å². The number of nitrogens with one attached hydrogen (secondary N) is 1. The number of Topliss-reactive ketones (excluding diaryl/α,β-unsaturated/α-hetero) is 1. The molecule has 0 saturated heterocycles. The van der Waals surface area contributed by atoms with E-state index in [9.17, 15) is 18.0 Å². The van der Waals surface area contributed by atoms with Gasteiger partial charge >= 0.3 is 0 Å². The summed E-state index contributed by atoms with van der Waals surface area (Å²) >= 11 is 2.12. The maximum absolute atomic E-state index is 12.5. The lowest BCUT2D eigenvalue weighted by atomic mass is 10.2. The minimum absolute atomic E-state index is 0.0297. The molecule has 2 aromatic rings. The Balaban J connectivity index is 2.08. The molecule has 2 aromatic carbocycles. The summed E-state index contributed by atoms with van der Waals surface area (Å²) in [5.41, 5.74) is 1.03. The van der Waals surface area contributed by atoms with E-state index >= 15 is 0 Å². The van der Waals surface area contributed by atoms with Gasteiger partial charge in [-0.3, -0.25) is 9.59 Å². The van der Waals surface area contributed by atoms with Crippen LogP contribution in [0.5, 0.6) is 0 Å². The summed E-state index contributed by atoms with van der Waals surface area (Å²) in [6.07, 6.45) is 0. The SMILES string of the molecule is CC(=O)c1ccc(S(=O)(=O)N(C)CC(=O)Nc2cccc(I)c2)cc1. The van der Waals surface area contributed by atoms with Crippen molar-refractivity contribution >= 4 is 50.0 Å². The summed E-state index contributed by atoms with van der Waals surface area (Å²) < 4.78 is 27.0. The van der Waals surface area contributed by atoms with Gasteiger partial charge in [0.15, 0.2) is 5.78 Å². The molecule has 132 valence electrons. The number of sulfonamides is 1. The van der Waals surface area contributed by atoms with Gasteiger partial charge in [-0.1, -0.05) is 18.2 Å². The molecule has 0 aliphatic heterocycles. The summed E-state index contributed by atoms with van der Waals surface area (Å²) in [5.74, 6) is -0.581. The van der Waals surface area contributed by atoms with E-state index in [-0.39, 0.29) is 17.2 Å². The Morgan fingerprint density at radius 1 is 1.12 bits per heavy atom. The monoisotopic (exact) mass is 472 g/mol. The molecule has 0 fully saturated rings. The third-order valence-corrected chi connectivity index (χ3v) is 5.93. The maximum atomic E-state index is 12.5. The molecule has 0 atom stereocenters. The molecular weight excluding hydrogens is 455 g/mol. The average Bonchev–Trinajstić information content (AvgIpc) is 2.54. The Morgan fingerprint density at radius 2 is 1.76 bits per heavy atom. The zero-order valence-corrected chi connectivity index (χ0v) is 16.7. The van der Waals surface area contributed by atoms with Gasteiger partial charge in [0.05, 0.1) is 11.4 Å². The molecule has 2 rings (SSSR count). The van der Waals surface area contributed by atoms with Crippen molar-refractivity contribution in [1.82, 2.24) is 4.31 Å². The van der Waals surface area contributed by atoms with Gasteiger partial charge in [0.2, 0.25) is 15.9 Å². The van der Waals surface area contributed by atoms with Crippen molar-refractivity contribution in [3.8, 4) is 0 Å². The number of rotatable bonds is 6. The van der Waals surface area contributed by atoms with Crippen LogP contribution in [0.4, 0.5) is 5.69 Å². The van der Waals surface area contributed by atoms with E-state index in [0.29, 0.717) is 11.3 Å². The molecule has 0 heterocycles. The Morgan fingerprint density at radius 3 is 2.32 bits per heavy atom. The van der Waals surface area contributed by atoms with Crippen LogP contribution in [-0.4, -0.2) is 38.0 Å². The summed E-state index contributed by atoms with van der Waals surface area (Å²) in [5, 5.41) is 2.67. The lowest BCUT2D eigenvalue weighted by molar-refractivity contribution is -0.116. The zero-order chi connectivity index (χ0) is 18.6. The second kappa shape index (κ2) is 8.07. The van der Waals surface area contributed by atoms with Gasteiger partial charge in [-0.25, -0.2) is 8.42 Å². The first-order valence-corrected chi connectivity index (χ1v) is 9.85. The van der Waals surface area contributed by atoms with Crippen molar-refractivity contribution in [3.63, 3.8) is 0 Å². The number of carbonyl (C=O) groups excluding carboxylic acids is 2. The van der Waals surface area contributed by atoms with Crippen molar-refractivity contribution in [2.75, 3.05) is 18.9 Å². The first-order chi connectivity index (χ1) is 11.7. The highest BCUT2D eigenvalue weighted by atomic mass is 127. The van der Waals surface area contributed by atoms with E-state index < -0.39 is 15.9 Å². The highest BCUT2D eigenvalue weighted by molar-refractivity contribution is 14.1. The van der Waals surface area contributed by atoms with E-state index in [1.54, 1.807) is 18.2 Å². The fourth-order valence-corrected chi connectivity index (χ4v) is 3.77. The van der Waals surface area contributed by atoms with Crippen LogP contribution >= 0.6 is 22.6 Å². The lowest BCUT2D eigenvalue weighted by Crippen LogP contribution is -2.35. The minimum Gasteiger partial charge on any atom is -0.325 e. The van der Waals surface area contributed by atoms with Crippen LogP contribution in [0.2, 0.25) is 0 Å². The molecule has 25 heavy (non-hydrogen) atoms. The Kier molecular flexibility index (Phi) is 6.31. The third kappa shape index (κ3) is 5.10. The third-order valence-electron chi connectivity index (χ3n) is 3.44. The first kappa shape index (κ1) is 19.5. The molecule has 0 bridgehead atoms. The Bertz CT molecular complexity index is 895. The second-order valence-corrected chi connectivity index (χ2v) is 8.69. The number of amides is 1. The number of benzene rings is 2. The van der Waals surface area contributed by atoms with Crippen molar-refractivity contribution < 1.29 is 18.0 Å². The van der Waals surface area contributed by atoms with Crippen LogP contribution in [0.1, 0.15) is 17.3 Å². The maximum Gasteiger partial charge on any atom is 0.243 e. The molecule has 0 aliphatic carbocycles. The summed E-state index contributed by atoms with van der Waals surface area (Å²) in [7, 11) is -2.48. The van der Waals surface area contributed by atoms with Crippen LogP contribution in [0.3, 0.4) is 0 Å². The van der Waals surface area contributed by atoms with Crippen molar-refractivity contribution in [1.29, 1.82) is 0 Å². The van der Waals surface area contributed by atoms with Gasteiger partial charge in [-0.05, 0) is 59.8 Å². The molecule has 8 heteroatoms. The predicted octanol–water partition coefficient (Wildman–Crippen LogP) is 2.75. The smallest absolute Gasteiger partial charge is 0.243 e. The number of hydrogen-bond donors (Lipinski definition) is 1. The van der Waals surface area contributed by atoms with E-state index in [0.717, 1.165) is 7.88 Å². The largest absolute Gasteiger partial charge is 0.325 e. The van der Waals surface area contributed by atoms with Gasteiger partial charge in [0, 0.05) is 21.9 Å². The van der Waals surface area contributed by atoms with E-state index in [2.05, 4.69) is 27.9 Å². The number of anilines is 1. The summed E-state index contributed by atoms with van der Waals surface area (Å²) in [6, 6.07) is 12.8. The number of halogens is 1.